The molecular formula is C16H18N3+. The average molecular weight is 252 g/mol. The number of aromatic nitrogens is 3. The van der Waals surface area contributed by atoms with Crippen molar-refractivity contribution in [3.63, 3.8) is 0 Å². The van der Waals surface area contributed by atoms with Crippen LogP contribution in [0.3, 0.4) is 0 Å². The molecule has 3 nitrogen and oxygen atoms in total. The Morgan fingerprint density at radius 3 is 2.42 bits per heavy atom. The number of benzene rings is 1. The van der Waals surface area contributed by atoms with E-state index >= 15 is 0 Å². The van der Waals surface area contributed by atoms with Crippen molar-refractivity contribution in [3.8, 4) is 5.69 Å². The molecule has 2 heterocycles. The van der Waals surface area contributed by atoms with E-state index in [0.717, 1.165) is 11.3 Å². The van der Waals surface area contributed by atoms with Crippen LogP contribution in [-0.2, 0) is 7.05 Å². The third-order valence-electron chi connectivity index (χ3n) is 3.74. The van der Waals surface area contributed by atoms with Gasteiger partial charge in [0.05, 0.1) is 5.52 Å². The lowest BCUT2D eigenvalue weighted by atomic mass is 10.1. The molecule has 0 amide bonds. The summed E-state index contributed by atoms with van der Waals surface area (Å²) < 4.78 is 4.28. The summed E-state index contributed by atoms with van der Waals surface area (Å²) in [5.41, 5.74) is 5.99. The number of para-hydroxylation sites is 1. The van der Waals surface area contributed by atoms with Gasteiger partial charge in [0.25, 0.3) is 0 Å². The van der Waals surface area contributed by atoms with E-state index in [1.807, 2.05) is 14.0 Å². The van der Waals surface area contributed by atoms with E-state index in [1.54, 1.807) is 0 Å². The summed E-state index contributed by atoms with van der Waals surface area (Å²) in [5.74, 6) is 1.04. The molecule has 0 radical (unpaired) electrons. The Hall–Kier alpha value is -2.16. The molecule has 3 aromatic rings. The van der Waals surface area contributed by atoms with E-state index in [9.17, 15) is 0 Å². The zero-order valence-electron chi connectivity index (χ0n) is 11.8. The standard InChI is InChI=1S/C16H18N3/c1-11-6-5-7-12(2)16(11)19-9-8-15-14(10-19)17-13(3)18(15)4/h5-10H,1-4H3/q+1. The van der Waals surface area contributed by atoms with E-state index in [2.05, 4.69) is 64.6 Å². The van der Waals surface area contributed by atoms with Gasteiger partial charge in [-0.3, -0.25) is 0 Å². The highest BCUT2D eigenvalue weighted by Crippen LogP contribution is 2.16. The van der Waals surface area contributed by atoms with Crippen LogP contribution in [0.2, 0.25) is 0 Å². The first-order valence-corrected chi connectivity index (χ1v) is 6.49. The van der Waals surface area contributed by atoms with Gasteiger partial charge in [-0.1, -0.05) is 18.2 Å². The van der Waals surface area contributed by atoms with Gasteiger partial charge in [0.15, 0.2) is 11.7 Å². The maximum Gasteiger partial charge on any atom is 0.216 e. The Kier molecular flexibility index (Phi) is 2.63. The van der Waals surface area contributed by atoms with Crippen molar-refractivity contribution in [1.29, 1.82) is 0 Å². The van der Waals surface area contributed by atoms with Crippen LogP contribution in [0.1, 0.15) is 17.0 Å². The minimum Gasteiger partial charge on any atom is -0.331 e. The smallest absolute Gasteiger partial charge is 0.216 e. The molecule has 19 heavy (non-hydrogen) atoms. The molecule has 0 aliphatic heterocycles. The number of rotatable bonds is 1. The van der Waals surface area contributed by atoms with Crippen LogP contribution in [0, 0.1) is 20.8 Å². The van der Waals surface area contributed by atoms with Crippen LogP contribution < -0.4 is 4.57 Å². The fraction of sp³-hybridized carbons (Fsp3) is 0.250. The maximum atomic E-state index is 4.60. The van der Waals surface area contributed by atoms with Gasteiger partial charge in [-0.15, -0.1) is 0 Å². The molecule has 2 aromatic heterocycles. The highest BCUT2D eigenvalue weighted by molar-refractivity contribution is 5.73. The van der Waals surface area contributed by atoms with E-state index < -0.39 is 0 Å². The lowest BCUT2D eigenvalue weighted by molar-refractivity contribution is -0.595. The molecule has 0 aliphatic carbocycles. The van der Waals surface area contributed by atoms with Gasteiger partial charge >= 0.3 is 0 Å². The second kappa shape index (κ2) is 4.19. The van der Waals surface area contributed by atoms with Crippen LogP contribution in [0.15, 0.2) is 36.7 Å². The van der Waals surface area contributed by atoms with Crippen molar-refractivity contribution in [2.45, 2.75) is 20.8 Å². The molecule has 0 aliphatic rings. The predicted octanol–water partition coefficient (Wildman–Crippen LogP) is 2.78. The molecule has 0 saturated heterocycles. The average Bonchev–Trinajstić information content (AvgIpc) is 2.65. The second-order valence-corrected chi connectivity index (χ2v) is 5.08. The van der Waals surface area contributed by atoms with E-state index in [-0.39, 0.29) is 0 Å². The number of nitrogens with zero attached hydrogens (tertiary/aromatic N) is 3. The van der Waals surface area contributed by atoms with Crippen molar-refractivity contribution in [1.82, 2.24) is 9.55 Å². The zero-order valence-corrected chi connectivity index (χ0v) is 11.8. The minimum absolute atomic E-state index is 1.03. The molecule has 96 valence electrons. The summed E-state index contributed by atoms with van der Waals surface area (Å²) in [5, 5.41) is 0. The largest absolute Gasteiger partial charge is 0.331 e. The second-order valence-electron chi connectivity index (χ2n) is 5.08. The van der Waals surface area contributed by atoms with Crippen LogP contribution in [-0.4, -0.2) is 9.55 Å². The first-order chi connectivity index (χ1) is 9.08. The predicted molar refractivity (Wildman–Crippen MR) is 76.5 cm³/mol. The fourth-order valence-corrected chi connectivity index (χ4v) is 2.62. The zero-order chi connectivity index (χ0) is 13.6. The number of hydrogen-bond donors (Lipinski definition) is 0. The lowest BCUT2D eigenvalue weighted by Crippen LogP contribution is -2.31. The minimum atomic E-state index is 1.03. The van der Waals surface area contributed by atoms with Crippen LogP contribution >= 0.6 is 0 Å². The number of hydrogen-bond acceptors (Lipinski definition) is 1. The highest BCUT2D eigenvalue weighted by Gasteiger charge is 2.15. The van der Waals surface area contributed by atoms with Crippen molar-refractivity contribution >= 4 is 11.0 Å². The molecule has 0 bridgehead atoms. The molecule has 0 fully saturated rings. The number of aryl methyl sites for hydroxylation is 4. The summed E-state index contributed by atoms with van der Waals surface area (Å²) in [6.07, 6.45) is 4.22. The normalized spacial score (nSPS) is 11.2. The summed E-state index contributed by atoms with van der Waals surface area (Å²) in [6.45, 7) is 6.32. The summed E-state index contributed by atoms with van der Waals surface area (Å²) in [4.78, 5) is 4.60. The Labute approximate surface area is 113 Å². The van der Waals surface area contributed by atoms with Gasteiger partial charge in [0.2, 0.25) is 11.9 Å². The molecule has 0 unspecified atom stereocenters. The van der Waals surface area contributed by atoms with Crippen molar-refractivity contribution in [3.05, 3.63) is 53.6 Å². The monoisotopic (exact) mass is 252 g/mol. The molecule has 3 heteroatoms. The molecule has 0 spiro atoms. The van der Waals surface area contributed by atoms with Gasteiger partial charge < -0.3 is 4.57 Å². The Bertz CT molecular complexity index is 749. The van der Waals surface area contributed by atoms with Gasteiger partial charge in [0, 0.05) is 24.2 Å². The lowest BCUT2D eigenvalue weighted by Gasteiger charge is -2.03. The molecule has 1 aromatic carbocycles. The topological polar surface area (TPSA) is 21.7 Å². The van der Waals surface area contributed by atoms with Gasteiger partial charge in [-0.2, -0.15) is 4.57 Å². The van der Waals surface area contributed by atoms with E-state index in [0.29, 0.717) is 0 Å². The number of fused-ring (bicyclic) bond motifs is 1. The molecule has 3 rings (SSSR count). The SMILES string of the molecule is Cc1cccc(C)c1-[n+]1ccc2c(c1)nc(C)n2C. The molecule has 0 atom stereocenters. The highest BCUT2D eigenvalue weighted by atomic mass is 15.1. The van der Waals surface area contributed by atoms with Crippen molar-refractivity contribution in [2.24, 2.45) is 7.05 Å². The Morgan fingerprint density at radius 1 is 1.05 bits per heavy atom. The first-order valence-electron chi connectivity index (χ1n) is 6.49. The number of imidazole rings is 1. The quantitative estimate of drug-likeness (QED) is 0.610. The van der Waals surface area contributed by atoms with Crippen LogP contribution in [0.4, 0.5) is 0 Å². The van der Waals surface area contributed by atoms with Gasteiger partial charge in [-0.05, 0) is 20.8 Å². The third kappa shape index (κ3) is 1.82. The summed E-state index contributed by atoms with van der Waals surface area (Å²) >= 11 is 0. The summed E-state index contributed by atoms with van der Waals surface area (Å²) in [7, 11) is 2.05. The van der Waals surface area contributed by atoms with Crippen LogP contribution in [0.5, 0.6) is 0 Å². The summed E-state index contributed by atoms with van der Waals surface area (Å²) in [6, 6.07) is 8.51. The van der Waals surface area contributed by atoms with Crippen molar-refractivity contribution < 1.29 is 4.57 Å². The molecule has 0 saturated carbocycles. The van der Waals surface area contributed by atoms with Crippen molar-refractivity contribution in [2.75, 3.05) is 0 Å². The van der Waals surface area contributed by atoms with E-state index in [1.165, 1.54) is 22.3 Å². The number of pyridine rings is 1. The van der Waals surface area contributed by atoms with Gasteiger partial charge in [-0.25, -0.2) is 4.98 Å². The maximum absolute atomic E-state index is 4.60. The Balaban J connectivity index is 2.26. The van der Waals surface area contributed by atoms with Gasteiger partial charge in [0.1, 0.15) is 5.82 Å². The van der Waals surface area contributed by atoms with Crippen LogP contribution in [0.25, 0.3) is 16.7 Å². The third-order valence-corrected chi connectivity index (χ3v) is 3.74. The fourth-order valence-electron chi connectivity index (χ4n) is 2.62. The van der Waals surface area contributed by atoms with E-state index in [4.69, 9.17) is 0 Å². The Morgan fingerprint density at radius 2 is 1.74 bits per heavy atom. The molecule has 0 N–H and O–H groups in total. The molecular weight excluding hydrogens is 234 g/mol. The first kappa shape index (κ1) is 11.9.